The summed E-state index contributed by atoms with van der Waals surface area (Å²) in [4.78, 5) is 32.6. The van der Waals surface area contributed by atoms with Gasteiger partial charge in [-0.05, 0) is 34.9 Å². The predicted octanol–water partition coefficient (Wildman–Crippen LogP) is 3.63. The maximum absolute atomic E-state index is 13.0. The summed E-state index contributed by atoms with van der Waals surface area (Å²) in [6.07, 6.45) is 0.413. The van der Waals surface area contributed by atoms with E-state index in [1.807, 2.05) is 66.7 Å². The number of hydrogen-bond acceptors (Lipinski definition) is 3. The fourth-order valence-corrected chi connectivity index (χ4v) is 3.44. The first-order valence-corrected chi connectivity index (χ1v) is 10.4. The highest BCUT2D eigenvalue weighted by Gasteiger charge is 2.25. The van der Waals surface area contributed by atoms with E-state index in [4.69, 9.17) is 14.3 Å². The fourth-order valence-electron chi connectivity index (χ4n) is 3.07. The molecule has 0 radical (unpaired) electrons. The smallest absolute Gasteiger partial charge is 0.336 e. The zero-order valence-corrected chi connectivity index (χ0v) is 16.3. The maximum atomic E-state index is 13.0. The molecule has 1 amide bonds. The Balaban J connectivity index is 1.84. The van der Waals surface area contributed by atoms with E-state index in [0.29, 0.717) is 12.0 Å². The highest BCUT2D eigenvalue weighted by molar-refractivity contribution is 7.46. The molecule has 3 aromatic rings. The topological polar surface area (TPSA) is 87.1 Å². The zero-order valence-electron chi connectivity index (χ0n) is 15.4. The van der Waals surface area contributed by atoms with Crippen LogP contribution in [0.5, 0.6) is 0 Å². The molecule has 0 aliphatic carbocycles. The molecule has 0 spiro atoms. The molecule has 7 heteroatoms. The first-order chi connectivity index (χ1) is 13.3. The van der Waals surface area contributed by atoms with E-state index in [1.165, 1.54) is 4.90 Å². The number of phosphoric acid groups is 1. The highest BCUT2D eigenvalue weighted by atomic mass is 31.2. The van der Waals surface area contributed by atoms with Crippen LogP contribution in [0.2, 0.25) is 0 Å². The van der Waals surface area contributed by atoms with Gasteiger partial charge in [0.25, 0.3) is 5.91 Å². The molecular weight excluding hydrogens is 377 g/mol. The number of nitrogens with zero attached hydrogens (tertiary/aromatic N) is 1. The number of phosphoric ester groups is 1. The second-order valence-electron chi connectivity index (χ2n) is 6.61. The Labute approximate surface area is 163 Å². The summed E-state index contributed by atoms with van der Waals surface area (Å²) in [6.45, 7) is -0.269. The number of carbonyl (C=O) groups is 1. The van der Waals surface area contributed by atoms with Gasteiger partial charge < -0.3 is 14.7 Å². The lowest BCUT2D eigenvalue weighted by Gasteiger charge is -2.28. The number of hydrogen-bond donors (Lipinski definition) is 2. The Morgan fingerprint density at radius 2 is 1.64 bits per heavy atom. The Kier molecular flexibility index (Phi) is 6.27. The van der Waals surface area contributed by atoms with E-state index in [1.54, 1.807) is 13.1 Å². The third-order valence-corrected chi connectivity index (χ3v) is 5.10. The van der Waals surface area contributed by atoms with Gasteiger partial charge in [-0.3, -0.25) is 9.32 Å². The van der Waals surface area contributed by atoms with Gasteiger partial charge in [0.05, 0.1) is 12.6 Å². The average molecular weight is 399 g/mol. The normalized spacial score (nSPS) is 12.7. The van der Waals surface area contributed by atoms with Crippen LogP contribution in [-0.2, 0) is 15.5 Å². The van der Waals surface area contributed by atoms with Gasteiger partial charge in [-0.2, -0.15) is 0 Å². The Morgan fingerprint density at radius 1 is 1.00 bits per heavy atom. The van der Waals surface area contributed by atoms with E-state index in [9.17, 15) is 9.36 Å². The summed E-state index contributed by atoms with van der Waals surface area (Å²) in [7, 11) is -3.02. The van der Waals surface area contributed by atoms with Crippen LogP contribution in [0.3, 0.4) is 0 Å². The van der Waals surface area contributed by atoms with E-state index >= 15 is 0 Å². The average Bonchev–Trinajstić information content (AvgIpc) is 2.69. The quantitative estimate of drug-likeness (QED) is 0.593. The van der Waals surface area contributed by atoms with Gasteiger partial charge in [0.1, 0.15) is 0 Å². The number of amides is 1. The molecule has 0 aliphatic heterocycles. The largest absolute Gasteiger partial charge is 0.469 e. The maximum Gasteiger partial charge on any atom is 0.469 e. The van der Waals surface area contributed by atoms with Gasteiger partial charge in [0.2, 0.25) is 0 Å². The third-order valence-electron chi connectivity index (χ3n) is 4.61. The van der Waals surface area contributed by atoms with Crippen molar-refractivity contribution in [3.63, 3.8) is 0 Å². The molecule has 0 fully saturated rings. The fraction of sp³-hybridized carbons (Fsp3) is 0.190. The first-order valence-electron chi connectivity index (χ1n) is 8.83. The van der Waals surface area contributed by atoms with Gasteiger partial charge in [-0.15, -0.1) is 0 Å². The molecule has 0 aliphatic rings. The molecule has 3 rings (SSSR count). The Morgan fingerprint density at radius 3 is 2.32 bits per heavy atom. The molecule has 146 valence electrons. The van der Waals surface area contributed by atoms with Crippen molar-refractivity contribution in [2.24, 2.45) is 0 Å². The molecule has 3 aromatic carbocycles. The summed E-state index contributed by atoms with van der Waals surface area (Å²) in [5, 5.41) is 1.99. The minimum atomic E-state index is -4.64. The van der Waals surface area contributed by atoms with Crippen molar-refractivity contribution in [1.82, 2.24) is 4.90 Å². The molecule has 0 bridgehead atoms. The lowest BCUT2D eigenvalue weighted by molar-refractivity contribution is 0.0647. The Bertz CT molecular complexity index is 1000. The van der Waals surface area contributed by atoms with Crippen molar-refractivity contribution >= 4 is 24.5 Å². The van der Waals surface area contributed by atoms with Gasteiger partial charge in [0.15, 0.2) is 0 Å². The van der Waals surface area contributed by atoms with Crippen molar-refractivity contribution in [2.45, 2.75) is 12.5 Å². The molecule has 0 unspecified atom stereocenters. The zero-order chi connectivity index (χ0) is 20.1. The second kappa shape index (κ2) is 8.67. The number of benzene rings is 3. The van der Waals surface area contributed by atoms with Gasteiger partial charge in [-0.1, -0.05) is 60.7 Å². The van der Waals surface area contributed by atoms with E-state index in [2.05, 4.69) is 0 Å². The molecular formula is C21H22NO5P. The van der Waals surface area contributed by atoms with Crippen molar-refractivity contribution in [3.05, 3.63) is 83.9 Å². The third kappa shape index (κ3) is 5.27. The summed E-state index contributed by atoms with van der Waals surface area (Å²) in [6, 6.07) is 22.1. The summed E-state index contributed by atoms with van der Waals surface area (Å²) < 4.78 is 15.9. The lowest BCUT2D eigenvalue weighted by atomic mass is 10.0. The van der Waals surface area contributed by atoms with Crippen LogP contribution in [0.4, 0.5) is 0 Å². The van der Waals surface area contributed by atoms with Crippen molar-refractivity contribution in [3.8, 4) is 0 Å². The van der Waals surface area contributed by atoms with Gasteiger partial charge in [-0.25, -0.2) is 4.57 Å². The standard InChI is InChI=1S/C21H22NO5P/c1-22(21(23)19-12-11-17-9-5-6-10-18(17)14-19)20(15-27-28(24,25)26)13-16-7-3-2-4-8-16/h2-12,14,20H,13,15H2,1H3,(H2,24,25,26)/t20-/m1/s1. The van der Waals surface area contributed by atoms with Crippen LogP contribution in [0.25, 0.3) is 10.8 Å². The van der Waals surface area contributed by atoms with Crippen molar-refractivity contribution < 1.29 is 23.7 Å². The van der Waals surface area contributed by atoms with E-state index in [-0.39, 0.29) is 12.5 Å². The van der Waals surface area contributed by atoms with Crippen LogP contribution in [-0.4, -0.2) is 40.3 Å². The van der Waals surface area contributed by atoms with Crippen LogP contribution < -0.4 is 0 Å². The van der Waals surface area contributed by atoms with Crippen LogP contribution >= 0.6 is 7.82 Å². The Hall–Kier alpha value is -2.50. The van der Waals surface area contributed by atoms with Gasteiger partial charge >= 0.3 is 7.82 Å². The van der Waals surface area contributed by atoms with Crippen LogP contribution in [0.15, 0.2) is 72.8 Å². The predicted molar refractivity (Wildman–Crippen MR) is 108 cm³/mol. The molecule has 2 N–H and O–H groups in total. The van der Waals surface area contributed by atoms with Crippen molar-refractivity contribution in [1.29, 1.82) is 0 Å². The molecule has 28 heavy (non-hydrogen) atoms. The monoisotopic (exact) mass is 399 g/mol. The summed E-state index contributed by atoms with van der Waals surface area (Å²) >= 11 is 0. The lowest BCUT2D eigenvalue weighted by Crippen LogP contribution is -2.41. The second-order valence-corrected chi connectivity index (χ2v) is 7.85. The molecule has 0 saturated carbocycles. The SMILES string of the molecule is CN(C(=O)c1ccc2ccccc2c1)[C@@H](COP(=O)(O)O)Cc1ccccc1. The number of carbonyl (C=O) groups excluding carboxylic acids is 1. The summed E-state index contributed by atoms with van der Waals surface area (Å²) in [5.41, 5.74) is 1.45. The molecule has 0 saturated heterocycles. The van der Waals surface area contributed by atoms with E-state index < -0.39 is 13.9 Å². The number of fused-ring (bicyclic) bond motifs is 1. The van der Waals surface area contributed by atoms with Crippen LogP contribution in [0, 0.1) is 0 Å². The molecule has 1 atom stereocenters. The minimum absolute atomic E-state index is 0.235. The minimum Gasteiger partial charge on any atom is -0.336 e. The van der Waals surface area contributed by atoms with Crippen LogP contribution in [0.1, 0.15) is 15.9 Å². The van der Waals surface area contributed by atoms with Gasteiger partial charge in [0, 0.05) is 12.6 Å². The molecule has 6 nitrogen and oxygen atoms in total. The first kappa shape index (κ1) is 20.2. The number of rotatable bonds is 7. The van der Waals surface area contributed by atoms with E-state index in [0.717, 1.165) is 16.3 Å². The summed E-state index contributed by atoms with van der Waals surface area (Å²) in [5.74, 6) is -0.235. The molecule has 0 aromatic heterocycles. The van der Waals surface area contributed by atoms with Crippen molar-refractivity contribution in [2.75, 3.05) is 13.7 Å². The number of likely N-dealkylation sites (N-methyl/N-ethyl adjacent to an activating group) is 1. The highest BCUT2D eigenvalue weighted by Crippen LogP contribution is 2.36. The molecule has 0 heterocycles.